The van der Waals surface area contributed by atoms with Crippen molar-refractivity contribution in [3.8, 4) is 0 Å². The number of likely N-dealkylation sites (tertiary alicyclic amines) is 1. The van der Waals surface area contributed by atoms with Crippen LogP contribution >= 0.6 is 0 Å². The molecule has 3 atom stereocenters. The fraction of sp³-hybridized carbons (Fsp3) is 0.882. The third-order valence-corrected chi connectivity index (χ3v) is 5.92. The quantitative estimate of drug-likeness (QED) is 0.743. The Morgan fingerprint density at radius 2 is 1.71 bits per heavy atom. The number of amides is 2. The average Bonchev–Trinajstić information content (AvgIpc) is 3.01. The molecule has 0 aromatic rings. The Bertz CT molecular complexity index is 501. The van der Waals surface area contributed by atoms with Gasteiger partial charge in [-0.1, -0.05) is 0 Å². The van der Waals surface area contributed by atoms with Crippen LogP contribution in [0.1, 0.15) is 25.7 Å². The molecule has 24 heavy (non-hydrogen) atoms. The van der Waals surface area contributed by atoms with E-state index in [2.05, 4.69) is 0 Å². The first kappa shape index (κ1) is 16.3. The lowest BCUT2D eigenvalue weighted by atomic mass is 9.80. The predicted molar refractivity (Wildman–Crippen MR) is 84.1 cm³/mol. The van der Waals surface area contributed by atoms with Crippen LogP contribution in [0.4, 0.5) is 0 Å². The summed E-state index contributed by atoms with van der Waals surface area (Å²) in [5, 5.41) is 9.39. The first-order valence-electron chi connectivity index (χ1n) is 9.10. The minimum atomic E-state index is -0.362. The van der Waals surface area contributed by atoms with Gasteiger partial charge in [-0.05, 0) is 31.6 Å². The first-order chi connectivity index (χ1) is 11.6. The van der Waals surface area contributed by atoms with Gasteiger partial charge in [0.05, 0.1) is 25.4 Å². The second-order valence-corrected chi connectivity index (χ2v) is 7.49. The van der Waals surface area contributed by atoms with E-state index in [9.17, 15) is 14.7 Å². The minimum Gasteiger partial charge on any atom is -0.393 e. The molecule has 7 nitrogen and oxygen atoms in total. The molecule has 4 fully saturated rings. The molecule has 3 saturated heterocycles. The molecule has 4 rings (SSSR count). The van der Waals surface area contributed by atoms with E-state index in [4.69, 9.17) is 9.47 Å². The fourth-order valence-corrected chi connectivity index (χ4v) is 4.32. The van der Waals surface area contributed by atoms with Crippen molar-refractivity contribution in [2.45, 2.75) is 44.0 Å². The van der Waals surface area contributed by atoms with E-state index in [0.717, 1.165) is 19.4 Å². The highest BCUT2D eigenvalue weighted by Crippen LogP contribution is 2.36. The predicted octanol–water partition coefficient (Wildman–Crippen LogP) is -0.378. The second kappa shape index (κ2) is 6.61. The molecular formula is C17H26N2O5. The lowest BCUT2D eigenvalue weighted by molar-refractivity contribution is -0.151. The van der Waals surface area contributed by atoms with Crippen molar-refractivity contribution in [2.75, 3.05) is 39.4 Å². The van der Waals surface area contributed by atoms with Gasteiger partial charge in [-0.15, -0.1) is 0 Å². The molecule has 0 bridgehead atoms. The van der Waals surface area contributed by atoms with E-state index in [1.165, 1.54) is 0 Å². The summed E-state index contributed by atoms with van der Waals surface area (Å²) in [7, 11) is 0. The van der Waals surface area contributed by atoms with Gasteiger partial charge < -0.3 is 24.4 Å². The zero-order chi connectivity index (χ0) is 16.7. The van der Waals surface area contributed by atoms with Gasteiger partial charge >= 0.3 is 0 Å². The molecule has 3 heterocycles. The van der Waals surface area contributed by atoms with E-state index in [1.807, 2.05) is 9.80 Å². The molecule has 0 aromatic carbocycles. The number of carbonyl (C=O) groups is 2. The lowest BCUT2D eigenvalue weighted by Crippen LogP contribution is -2.50. The Morgan fingerprint density at radius 1 is 0.958 bits per heavy atom. The van der Waals surface area contributed by atoms with Crippen molar-refractivity contribution in [3.63, 3.8) is 0 Å². The molecule has 1 aliphatic carbocycles. The largest absolute Gasteiger partial charge is 0.393 e. The molecule has 134 valence electrons. The fourth-order valence-electron chi connectivity index (χ4n) is 4.32. The van der Waals surface area contributed by atoms with Crippen LogP contribution in [0.3, 0.4) is 0 Å². The standard InChI is InChI=1S/C17H26N2O5/c20-13-7-12(8-13)16(21)19-2-1-11-9-14(24-15(11)10-19)17(22)18-3-5-23-6-4-18/h11-15,20H,1-10H2/t11-,12?,13?,14?,15-/m0/s1. The van der Waals surface area contributed by atoms with Gasteiger partial charge in [0, 0.05) is 32.1 Å². The van der Waals surface area contributed by atoms with Gasteiger partial charge in [-0.25, -0.2) is 0 Å². The number of ether oxygens (including phenoxy) is 2. The molecular weight excluding hydrogens is 312 g/mol. The number of aliphatic hydroxyl groups is 1. The molecule has 1 saturated carbocycles. The first-order valence-corrected chi connectivity index (χ1v) is 9.10. The van der Waals surface area contributed by atoms with Crippen LogP contribution in [0.15, 0.2) is 0 Å². The highest BCUT2D eigenvalue weighted by molar-refractivity contribution is 5.82. The number of nitrogens with zero attached hydrogens (tertiary/aromatic N) is 2. The molecule has 3 aliphatic heterocycles. The van der Waals surface area contributed by atoms with E-state index < -0.39 is 0 Å². The Hall–Kier alpha value is -1.18. The maximum absolute atomic E-state index is 12.6. The molecule has 1 unspecified atom stereocenters. The summed E-state index contributed by atoms with van der Waals surface area (Å²) < 4.78 is 11.3. The summed E-state index contributed by atoms with van der Waals surface area (Å²) in [5.41, 5.74) is 0. The van der Waals surface area contributed by atoms with E-state index in [1.54, 1.807) is 0 Å². The summed E-state index contributed by atoms with van der Waals surface area (Å²) in [6, 6.07) is 0. The lowest BCUT2D eigenvalue weighted by Gasteiger charge is -2.39. The monoisotopic (exact) mass is 338 g/mol. The number of morpholine rings is 1. The number of carbonyl (C=O) groups excluding carboxylic acids is 2. The number of fused-ring (bicyclic) bond motifs is 1. The van der Waals surface area contributed by atoms with Crippen molar-refractivity contribution in [1.29, 1.82) is 0 Å². The Kier molecular flexibility index (Phi) is 4.49. The normalized spacial score (nSPS) is 39.3. The molecule has 0 spiro atoms. The van der Waals surface area contributed by atoms with Crippen molar-refractivity contribution in [3.05, 3.63) is 0 Å². The minimum absolute atomic E-state index is 0.0243. The number of piperidine rings is 1. The molecule has 2 amide bonds. The highest BCUT2D eigenvalue weighted by atomic mass is 16.5. The second-order valence-electron chi connectivity index (χ2n) is 7.49. The Labute approximate surface area is 141 Å². The van der Waals surface area contributed by atoms with E-state index in [0.29, 0.717) is 51.6 Å². The zero-order valence-corrected chi connectivity index (χ0v) is 13.9. The third kappa shape index (κ3) is 3.05. The van der Waals surface area contributed by atoms with Gasteiger partial charge in [-0.2, -0.15) is 0 Å². The van der Waals surface area contributed by atoms with Gasteiger partial charge in [-0.3, -0.25) is 9.59 Å². The van der Waals surface area contributed by atoms with Crippen LogP contribution in [0.25, 0.3) is 0 Å². The highest BCUT2D eigenvalue weighted by Gasteiger charge is 2.45. The average molecular weight is 338 g/mol. The Morgan fingerprint density at radius 3 is 2.42 bits per heavy atom. The number of rotatable bonds is 2. The van der Waals surface area contributed by atoms with Crippen LogP contribution in [0.2, 0.25) is 0 Å². The van der Waals surface area contributed by atoms with Crippen LogP contribution in [0, 0.1) is 11.8 Å². The maximum Gasteiger partial charge on any atom is 0.251 e. The summed E-state index contributed by atoms with van der Waals surface area (Å²) in [6.45, 7) is 3.81. The molecule has 1 N–H and O–H groups in total. The number of aliphatic hydroxyl groups excluding tert-OH is 1. The SMILES string of the molecule is O=C(C1CC(O)C1)N1CC[C@H]2CC(C(=O)N3CCOCC3)O[C@H]2C1. The summed E-state index contributed by atoms with van der Waals surface area (Å²) in [5.74, 6) is 0.567. The number of hydrogen-bond acceptors (Lipinski definition) is 5. The van der Waals surface area contributed by atoms with Gasteiger partial charge in [0.25, 0.3) is 5.91 Å². The molecule has 0 radical (unpaired) electrons. The van der Waals surface area contributed by atoms with Crippen molar-refractivity contribution >= 4 is 11.8 Å². The van der Waals surface area contributed by atoms with Crippen molar-refractivity contribution < 1.29 is 24.2 Å². The van der Waals surface area contributed by atoms with Crippen molar-refractivity contribution in [1.82, 2.24) is 9.80 Å². The van der Waals surface area contributed by atoms with Crippen LogP contribution in [-0.4, -0.2) is 84.4 Å². The van der Waals surface area contributed by atoms with Crippen molar-refractivity contribution in [2.24, 2.45) is 11.8 Å². The van der Waals surface area contributed by atoms with Gasteiger partial charge in [0.15, 0.2) is 0 Å². The van der Waals surface area contributed by atoms with E-state index in [-0.39, 0.29) is 36.0 Å². The smallest absolute Gasteiger partial charge is 0.251 e. The summed E-state index contributed by atoms with van der Waals surface area (Å²) >= 11 is 0. The van der Waals surface area contributed by atoms with E-state index >= 15 is 0 Å². The van der Waals surface area contributed by atoms with Crippen LogP contribution in [-0.2, 0) is 19.1 Å². The molecule has 0 aromatic heterocycles. The number of hydrogen-bond donors (Lipinski definition) is 1. The van der Waals surface area contributed by atoms with Gasteiger partial charge in [0.2, 0.25) is 5.91 Å². The van der Waals surface area contributed by atoms with Crippen LogP contribution in [0.5, 0.6) is 0 Å². The molecule has 7 heteroatoms. The zero-order valence-electron chi connectivity index (χ0n) is 13.9. The topological polar surface area (TPSA) is 79.3 Å². The third-order valence-electron chi connectivity index (χ3n) is 5.92. The molecule has 4 aliphatic rings. The maximum atomic E-state index is 12.6. The summed E-state index contributed by atoms with van der Waals surface area (Å²) in [6.07, 6.45) is 2.14. The summed E-state index contributed by atoms with van der Waals surface area (Å²) in [4.78, 5) is 28.8. The Balaban J connectivity index is 1.32. The van der Waals surface area contributed by atoms with Gasteiger partial charge in [0.1, 0.15) is 6.10 Å². The van der Waals surface area contributed by atoms with Crippen LogP contribution < -0.4 is 0 Å².